The molecule has 3 atom stereocenters. The maximum Gasteiger partial charge on any atom is 0.250 e. The zero-order valence-electron chi connectivity index (χ0n) is 13.3. The first-order valence-corrected chi connectivity index (χ1v) is 9.11. The van der Waals surface area contributed by atoms with Crippen LogP contribution in [0.4, 0.5) is 5.13 Å². The van der Waals surface area contributed by atoms with Crippen molar-refractivity contribution >= 4 is 22.7 Å². The van der Waals surface area contributed by atoms with E-state index in [0.29, 0.717) is 23.5 Å². The van der Waals surface area contributed by atoms with E-state index in [-0.39, 0.29) is 5.56 Å². The van der Waals surface area contributed by atoms with Crippen molar-refractivity contribution in [3.8, 4) is 0 Å². The molecule has 4 heterocycles. The lowest BCUT2D eigenvalue weighted by Crippen LogP contribution is -2.49. The number of pyridine rings is 1. The van der Waals surface area contributed by atoms with E-state index in [2.05, 4.69) is 20.9 Å². The Hall–Kier alpha value is -1.83. The molecule has 0 spiro atoms. The molecule has 7 heteroatoms. The Morgan fingerprint density at radius 2 is 2.33 bits per heavy atom. The zero-order valence-corrected chi connectivity index (χ0v) is 14.1. The fourth-order valence-corrected chi connectivity index (χ4v) is 4.37. The van der Waals surface area contributed by atoms with Crippen molar-refractivity contribution in [1.82, 2.24) is 14.5 Å². The molecule has 24 heavy (non-hydrogen) atoms. The molecule has 2 aliphatic rings. The molecule has 126 valence electrons. The van der Waals surface area contributed by atoms with E-state index < -0.39 is 6.10 Å². The Balaban J connectivity index is 1.43. The Bertz CT molecular complexity index is 786. The van der Waals surface area contributed by atoms with Gasteiger partial charge >= 0.3 is 0 Å². The zero-order chi connectivity index (χ0) is 16.5. The van der Waals surface area contributed by atoms with Gasteiger partial charge in [0.05, 0.1) is 0 Å². The quantitative estimate of drug-likeness (QED) is 0.853. The number of hydrogen-bond acceptors (Lipinski definition) is 6. The molecule has 4 rings (SSSR count). The summed E-state index contributed by atoms with van der Waals surface area (Å²) in [6.07, 6.45) is 3.80. The number of aliphatic hydroxyl groups excluding tert-OH is 1. The molecule has 6 nitrogen and oxygen atoms in total. The van der Waals surface area contributed by atoms with Gasteiger partial charge in [0.2, 0.25) is 5.13 Å². The summed E-state index contributed by atoms with van der Waals surface area (Å²) < 4.78 is 1.93. The molecule has 2 aromatic heterocycles. The third-order valence-corrected chi connectivity index (χ3v) is 5.46. The molecule has 0 saturated carbocycles. The summed E-state index contributed by atoms with van der Waals surface area (Å²) in [7, 11) is 0. The Kier molecular flexibility index (Phi) is 4.30. The number of likely N-dealkylation sites (tertiary alicyclic amines) is 1. The van der Waals surface area contributed by atoms with Gasteiger partial charge in [-0.15, -0.1) is 11.3 Å². The first-order chi connectivity index (χ1) is 11.7. The summed E-state index contributed by atoms with van der Waals surface area (Å²) in [6.45, 7) is 3.14. The minimum Gasteiger partial charge on any atom is -0.386 e. The molecule has 2 aromatic rings. The molecule has 2 aliphatic heterocycles. The smallest absolute Gasteiger partial charge is 0.250 e. The number of β-amino-alcohol motifs (C(OH)–C–C–N with tert-alkyl or cyclic N) is 1. The lowest BCUT2D eigenvalue weighted by molar-refractivity contribution is 0.0868. The molecular weight excluding hydrogens is 324 g/mol. The van der Waals surface area contributed by atoms with Gasteiger partial charge in [-0.25, -0.2) is 9.98 Å². The summed E-state index contributed by atoms with van der Waals surface area (Å²) in [5.74, 6) is 0.842. The van der Waals surface area contributed by atoms with E-state index in [1.165, 1.54) is 11.3 Å². The van der Waals surface area contributed by atoms with Crippen LogP contribution in [-0.4, -0.2) is 51.5 Å². The van der Waals surface area contributed by atoms with E-state index >= 15 is 0 Å². The molecular formula is C17H20N4O2S. The minimum atomic E-state index is -0.606. The van der Waals surface area contributed by atoms with Crippen molar-refractivity contribution in [2.75, 3.05) is 19.6 Å². The fraction of sp³-hybridized carbons (Fsp3) is 0.471. The van der Waals surface area contributed by atoms with Gasteiger partial charge in [0.15, 0.2) is 0 Å². The maximum absolute atomic E-state index is 12.0. The van der Waals surface area contributed by atoms with Gasteiger partial charge in [0, 0.05) is 61.6 Å². The average molecular weight is 344 g/mol. The predicted molar refractivity (Wildman–Crippen MR) is 94.3 cm³/mol. The molecule has 0 aliphatic carbocycles. The van der Waals surface area contributed by atoms with Crippen molar-refractivity contribution in [2.45, 2.75) is 25.0 Å². The number of hydrogen-bond donors (Lipinski definition) is 1. The van der Waals surface area contributed by atoms with E-state index in [0.717, 1.165) is 31.7 Å². The van der Waals surface area contributed by atoms with Crippen LogP contribution in [0.3, 0.4) is 0 Å². The van der Waals surface area contributed by atoms with Crippen molar-refractivity contribution in [3.63, 3.8) is 0 Å². The standard InChI is InChI=1S/C17H20N4O2S/c22-14(7-19-17-18-4-5-24-17)11-20-8-12-6-13(10-20)15-2-1-3-16(23)21(15)9-12/h1-5,7,12-14,22H,6,8-11H2/t12-,13-,14-/m0/s1. The highest BCUT2D eigenvalue weighted by molar-refractivity contribution is 7.13. The molecule has 1 saturated heterocycles. The van der Waals surface area contributed by atoms with Crippen LogP contribution in [0.1, 0.15) is 18.0 Å². The average Bonchev–Trinajstić information content (AvgIpc) is 3.07. The van der Waals surface area contributed by atoms with Crippen LogP contribution in [0.5, 0.6) is 0 Å². The number of rotatable bonds is 4. The molecule has 0 aromatic carbocycles. The molecule has 1 fully saturated rings. The van der Waals surface area contributed by atoms with Crippen LogP contribution in [-0.2, 0) is 6.54 Å². The van der Waals surface area contributed by atoms with Crippen molar-refractivity contribution in [2.24, 2.45) is 10.9 Å². The number of nitrogens with zero attached hydrogens (tertiary/aromatic N) is 4. The second kappa shape index (κ2) is 6.58. The van der Waals surface area contributed by atoms with Crippen LogP contribution in [0, 0.1) is 5.92 Å². The highest BCUT2D eigenvalue weighted by Gasteiger charge is 2.34. The fourth-order valence-electron chi connectivity index (χ4n) is 3.89. The van der Waals surface area contributed by atoms with Gasteiger partial charge < -0.3 is 9.67 Å². The van der Waals surface area contributed by atoms with Crippen molar-refractivity contribution in [1.29, 1.82) is 0 Å². The summed E-state index contributed by atoms with van der Waals surface area (Å²) in [5, 5.41) is 12.8. The number of aliphatic hydroxyl groups is 1. The first-order valence-electron chi connectivity index (χ1n) is 8.23. The first kappa shape index (κ1) is 15.7. The normalized spacial score (nSPS) is 24.9. The van der Waals surface area contributed by atoms with Gasteiger partial charge in [-0.05, 0) is 18.4 Å². The largest absolute Gasteiger partial charge is 0.386 e. The van der Waals surface area contributed by atoms with E-state index in [4.69, 9.17) is 0 Å². The van der Waals surface area contributed by atoms with Gasteiger partial charge in [-0.2, -0.15) is 0 Å². The minimum absolute atomic E-state index is 0.103. The number of aromatic nitrogens is 2. The summed E-state index contributed by atoms with van der Waals surface area (Å²) in [5.41, 5.74) is 1.24. The summed E-state index contributed by atoms with van der Waals surface area (Å²) >= 11 is 1.45. The topological polar surface area (TPSA) is 70.7 Å². The number of thiazole rings is 1. The van der Waals surface area contributed by atoms with Crippen LogP contribution in [0.25, 0.3) is 0 Å². The lowest BCUT2D eigenvalue weighted by atomic mass is 9.83. The molecule has 0 radical (unpaired) electrons. The molecule has 1 N–H and O–H groups in total. The number of piperidine rings is 1. The van der Waals surface area contributed by atoms with Crippen molar-refractivity contribution < 1.29 is 5.11 Å². The van der Waals surface area contributed by atoms with Crippen LogP contribution in [0.2, 0.25) is 0 Å². The third kappa shape index (κ3) is 3.19. The maximum atomic E-state index is 12.0. The third-order valence-electron chi connectivity index (χ3n) is 4.78. The lowest BCUT2D eigenvalue weighted by Gasteiger charge is -2.43. The van der Waals surface area contributed by atoms with Gasteiger partial charge in [0.25, 0.3) is 5.56 Å². The SMILES string of the molecule is O=c1cccc2n1C[C@H]1C[C@H]2CN(C[C@@H](O)C=Nc2nccs2)C1. The Morgan fingerprint density at radius 1 is 1.42 bits per heavy atom. The van der Waals surface area contributed by atoms with Crippen LogP contribution in [0.15, 0.2) is 39.6 Å². The number of fused-ring (bicyclic) bond motifs is 4. The van der Waals surface area contributed by atoms with Crippen molar-refractivity contribution in [3.05, 3.63) is 45.8 Å². The molecule has 2 bridgehead atoms. The van der Waals surface area contributed by atoms with E-state index in [1.807, 2.05) is 16.0 Å². The number of aliphatic imine (C=N–C) groups is 1. The van der Waals surface area contributed by atoms with E-state index in [9.17, 15) is 9.90 Å². The summed E-state index contributed by atoms with van der Waals surface area (Å²) in [6, 6.07) is 5.55. The van der Waals surface area contributed by atoms with E-state index in [1.54, 1.807) is 18.5 Å². The second-order valence-corrected chi connectivity index (χ2v) is 7.45. The highest BCUT2D eigenvalue weighted by atomic mass is 32.1. The predicted octanol–water partition coefficient (Wildman–Crippen LogP) is 1.49. The second-order valence-electron chi connectivity index (χ2n) is 6.58. The Labute approximate surface area is 144 Å². The monoisotopic (exact) mass is 344 g/mol. The van der Waals surface area contributed by atoms with Gasteiger partial charge in [0.1, 0.15) is 6.10 Å². The Morgan fingerprint density at radius 3 is 3.17 bits per heavy atom. The van der Waals surface area contributed by atoms with Crippen LogP contribution >= 0.6 is 11.3 Å². The van der Waals surface area contributed by atoms with Crippen LogP contribution < -0.4 is 5.56 Å². The molecule has 0 unspecified atom stereocenters. The van der Waals surface area contributed by atoms with Gasteiger partial charge in [-0.3, -0.25) is 9.69 Å². The summed E-state index contributed by atoms with van der Waals surface area (Å²) in [4.78, 5) is 22.6. The highest BCUT2D eigenvalue weighted by Crippen LogP contribution is 2.34. The molecule has 0 amide bonds. The van der Waals surface area contributed by atoms with Gasteiger partial charge in [-0.1, -0.05) is 6.07 Å².